The maximum atomic E-state index is 12.4. The Balaban J connectivity index is 1.98. The molecule has 0 aliphatic carbocycles. The van der Waals surface area contributed by atoms with Crippen LogP contribution in [0, 0.1) is 11.8 Å². The lowest BCUT2D eigenvalue weighted by molar-refractivity contribution is -0.154. The van der Waals surface area contributed by atoms with Gasteiger partial charge < -0.3 is 0 Å². The molecule has 2 amide bonds. The summed E-state index contributed by atoms with van der Waals surface area (Å²) >= 11 is 5.89. The fourth-order valence-corrected chi connectivity index (χ4v) is 2.69. The van der Waals surface area contributed by atoms with Crippen LogP contribution in [0.15, 0.2) is 18.2 Å². The molecule has 0 saturated carbocycles. The van der Waals surface area contributed by atoms with Gasteiger partial charge in [-0.2, -0.15) is 0 Å². The normalized spacial score (nSPS) is 12.0. The zero-order valence-electron chi connectivity index (χ0n) is 15.2. The number of nitrogens with one attached hydrogen (secondary N) is 2. The zero-order valence-corrected chi connectivity index (χ0v) is 16.0. The smallest absolute Gasteiger partial charge is 0.262 e. The van der Waals surface area contributed by atoms with Gasteiger partial charge in [0.25, 0.3) is 5.95 Å². The first-order valence-corrected chi connectivity index (χ1v) is 9.03. The molecule has 1 aromatic heterocycles. The number of fused-ring (bicyclic) bond motifs is 1. The Morgan fingerprint density at radius 1 is 1.30 bits per heavy atom. The second-order valence-corrected chi connectivity index (χ2v) is 7.07. The van der Waals surface area contributed by atoms with Crippen molar-refractivity contribution < 1.29 is 14.8 Å². The predicted octanol–water partition coefficient (Wildman–Crippen LogP) is 2.41. The number of hydrogen-bond acceptors (Lipinski definition) is 7. The summed E-state index contributed by atoms with van der Waals surface area (Å²) in [5.41, 5.74) is 6.23. The Hall–Kier alpha value is -2.52. The standard InChI is InChI=1S/C17H23ClN6O3/c1-11(2)4-3-5-12(9-24(27)10-25)16(26)21-23-17-19-14-7-6-13(18)8-15(14)20-22-17/h6-8,10-12,27H,3-5,9H2,1-2H3,(H,21,26)(H,19,22,23)/t12-/m1/s1. The Morgan fingerprint density at radius 3 is 2.78 bits per heavy atom. The quantitative estimate of drug-likeness (QED) is 0.321. The van der Waals surface area contributed by atoms with Crippen LogP contribution in [-0.2, 0) is 9.59 Å². The number of rotatable bonds is 10. The first kappa shape index (κ1) is 20.8. The number of halogens is 1. The van der Waals surface area contributed by atoms with Gasteiger partial charge in [0.05, 0.1) is 18.0 Å². The third-order valence-corrected chi connectivity index (χ3v) is 4.18. The van der Waals surface area contributed by atoms with Gasteiger partial charge >= 0.3 is 0 Å². The lowest BCUT2D eigenvalue weighted by Crippen LogP contribution is -2.40. The van der Waals surface area contributed by atoms with E-state index < -0.39 is 5.92 Å². The van der Waals surface area contributed by atoms with Crippen LogP contribution in [0.1, 0.15) is 33.1 Å². The lowest BCUT2D eigenvalue weighted by atomic mass is 9.97. The fraction of sp³-hybridized carbons (Fsp3) is 0.471. The van der Waals surface area contributed by atoms with Crippen molar-refractivity contribution in [3.63, 3.8) is 0 Å². The van der Waals surface area contributed by atoms with Gasteiger partial charge in [0.1, 0.15) is 5.52 Å². The van der Waals surface area contributed by atoms with Crippen molar-refractivity contribution >= 4 is 40.9 Å². The molecule has 0 aliphatic rings. The molecule has 0 unspecified atom stereocenters. The van der Waals surface area contributed by atoms with E-state index in [1.54, 1.807) is 18.2 Å². The second kappa shape index (κ2) is 9.98. The molecule has 0 saturated heterocycles. The van der Waals surface area contributed by atoms with E-state index >= 15 is 0 Å². The van der Waals surface area contributed by atoms with Crippen LogP contribution in [0.25, 0.3) is 11.0 Å². The second-order valence-electron chi connectivity index (χ2n) is 6.63. The molecule has 0 aliphatic heterocycles. The monoisotopic (exact) mass is 394 g/mol. The third-order valence-electron chi connectivity index (χ3n) is 3.95. The maximum Gasteiger partial charge on any atom is 0.262 e. The van der Waals surface area contributed by atoms with Crippen LogP contribution in [0.5, 0.6) is 0 Å². The van der Waals surface area contributed by atoms with Gasteiger partial charge in [-0.3, -0.25) is 25.6 Å². The van der Waals surface area contributed by atoms with Crippen molar-refractivity contribution in [2.45, 2.75) is 33.1 Å². The largest absolute Gasteiger partial charge is 0.286 e. The number of hydrazine groups is 1. The van der Waals surface area contributed by atoms with Gasteiger partial charge in [-0.1, -0.05) is 38.3 Å². The molecule has 9 nitrogen and oxygen atoms in total. The number of nitrogens with zero attached hydrogens (tertiary/aromatic N) is 4. The number of amides is 2. The summed E-state index contributed by atoms with van der Waals surface area (Å²) in [5.74, 6) is -0.317. The maximum absolute atomic E-state index is 12.4. The molecule has 146 valence electrons. The summed E-state index contributed by atoms with van der Waals surface area (Å²) in [6.45, 7) is 4.10. The SMILES string of the molecule is CC(C)CCC[C@H](CN(O)C=O)C(=O)NNc1nnc2cc(Cl)ccc2n1. The minimum atomic E-state index is -0.571. The van der Waals surface area contributed by atoms with Crippen molar-refractivity contribution in [2.24, 2.45) is 11.8 Å². The molecule has 1 heterocycles. The highest BCUT2D eigenvalue weighted by Gasteiger charge is 2.21. The Kier molecular flexibility index (Phi) is 7.68. The molecule has 0 fully saturated rings. The number of carbonyl (C=O) groups is 2. The van der Waals surface area contributed by atoms with Gasteiger partial charge in [-0.25, -0.2) is 10.0 Å². The van der Waals surface area contributed by atoms with Gasteiger partial charge in [0.15, 0.2) is 0 Å². The third kappa shape index (κ3) is 6.61. The summed E-state index contributed by atoms with van der Waals surface area (Å²) < 4.78 is 0. The van der Waals surface area contributed by atoms with E-state index in [0.717, 1.165) is 12.8 Å². The minimum Gasteiger partial charge on any atom is -0.286 e. The Bertz CT molecular complexity index is 788. The molecule has 1 aromatic carbocycles. The summed E-state index contributed by atoms with van der Waals surface area (Å²) in [6.07, 6.45) is 2.56. The van der Waals surface area contributed by atoms with E-state index in [1.807, 2.05) is 0 Å². The zero-order chi connectivity index (χ0) is 19.8. The minimum absolute atomic E-state index is 0.0928. The summed E-state index contributed by atoms with van der Waals surface area (Å²) in [4.78, 5) is 27.3. The average molecular weight is 395 g/mol. The Morgan fingerprint density at radius 2 is 2.07 bits per heavy atom. The van der Waals surface area contributed by atoms with Crippen LogP contribution >= 0.6 is 11.6 Å². The molecule has 0 spiro atoms. The highest BCUT2D eigenvalue weighted by molar-refractivity contribution is 6.31. The van der Waals surface area contributed by atoms with Gasteiger partial charge in [-0.15, -0.1) is 10.2 Å². The summed E-state index contributed by atoms with van der Waals surface area (Å²) in [6, 6.07) is 5.02. The van der Waals surface area contributed by atoms with Crippen molar-refractivity contribution in [3.05, 3.63) is 23.2 Å². The number of hydroxylamine groups is 2. The van der Waals surface area contributed by atoms with Gasteiger partial charge in [0, 0.05) is 5.02 Å². The first-order chi connectivity index (χ1) is 12.9. The molecule has 1 atom stereocenters. The van der Waals surface area contributed by atoms with E-state index in [9.17, 15) is 14.8 Å². The number of benzene rings is 1. The number of aromatic nitrogens is 3. The molecule has 2 rings (SSSR count). The number of carbonyl (C=O) groups excluding carboxylic acids is 2. The molecule has 3 N–H and O–H groups in total. The highest BCUT2D eigenvalue weighted by Crippen LogP contribution is 2.16. The van der Waals surface area contributed by atoms with Crippen LogP contribution in [0.3, 0.4) is 0 Å². The molecular weight excluding hydrogens is 372 g/mol. The van der Waals surface area contributed by atoms with Crippen LogP contribution < -0.4 is 10.9 Å². The van der Waals surface area contributed by atoms with E-state index in [2.05, 4.69) is 39.9 Å². The molecule has 2 aromatic rings. The highest BCUT2D eigenvalue weighted by atomic mass is 35.5. The number of hydrogen-bond donors (Lipinski definition) is 3. The summed E-state index contributed by atoms with van der Waals surface area (Å²) in [7, 11) is 0. The van der Waals surface area contributed by atoms with E-state index in [4.69, 9.17) is 11.6 Å². The van der Waals surface area contributed by atoms with Crippen LogP contribution in [-0.4, -0.2) is 44.3 Å². The molecule has 27 heavy (non-hydrogen) atoms. The van der Waals surface area contributed by atoms with Gasteiger partial charge in [-0.05, 0) is 30.5 Å². The Labute approximate surface area is 162 Å². The van der Waals surface area contributed by atoms with Crippen molar-refractivity contribution in [1.29, 1.82) is 0 Å². The van der Waals surface area contributed by atoms with E-state index in [0.29, 0.717) is 33.5 Å². The van der Waals surface area contributed by atoms with Crippen molar-refractivity contribution in [1.82, 2.24) is 25.7 Å². The average Bonchev–Trinajstić information content (AvgIpc) is 2.64. The van der Waals surface area contributed by atoms with E-state index in [-0.39, 0.29) is 24.8 Å². The van der Waals surface area contributed by atoms with Crippen molar-refractivity contribution in [3.8, 4) is 0 Å². The molecular formula is C17H23ClN6O3. The first-order valence-electron chi connectivity index (χ1n) is 8.65. The number of anilines is 1. The van der Waals surface area contributed by atoms with Gasteiger partial charge in [0.2, 0.25) is 12.3 Å². The fourth-order valence-electron chi connectivity index (χ4n) is 2.53. The van der Waals surface area contributed by atoms with Crippen molar-refractivity contribution in [2.75, 3.05) is 12.0 Å². The topological polar surface area (TPSA) is 120 Å². The van der Waals surface area contributed by atoms with Crippen LogP contribution in [0.4, 0.5) is 5.95 Å². The van der Waals surface area contributed by atoms with E-state index in [1.165, 1.54) is 0 Å². The molecule has 0 bridgehead atoms. The van der Waals surface area contributed by atoms with Crippen LogP contribution in [0.2, 0.25) is 5.02 Å². The molecule has 0 radical (unpaired) electrons. The molecule has 10 heteroatoms. The predicted molar refractivity (Wildman–Crippen MR) is 101 cm³/mol. The lowest BCUT2D eigenvalue weighted by Gasteiger charge is -2.20. The summed E-state index contributed by atoms with van der Waals surface area (Å²) in [5, 5.41) is 18.3.